The first-order chi connectivity index (χ1) is 17.6. The number of benzene rings is 1. The molecule has 6 rings (SSSR count). The van der Waals surface area contributed by atoms with Crippen molar-refractivity contribution in [3.8, 4) is 5.82 Å². The molecule has 0 fully saturated rings. The van der Waals surface area contributed by atoms with E-state index in [1.54, 1.807) is 35.3 Å². The molecule has 9 nitrogen and oxygen atoms in total. The maximum Gasteiger partial charge on any atom is 0.229 e. The zero-order valence-electron chi connectivity index (χ0n) is 21.3. The monoisotopic (exact) mass is 520 g/mol. The second kappa shape index (κ2) is 8.86. The van der Waals surface area contributed by atoms with Gasteiger partial charge in [0.15, 0.2) is 17.3 Å². The molecule has 0 spiro atoms. The van der Waals surface area contributed by atoms with Gasteiger partial charge in [0, 0.05) is 72.4 Å². The Balaban J connectivity index is 1.39. The first-order valence-corrected chi connectivity index (χ1v) is 14.4. The topological polar surface area (TPSA) is 91.5 Å². The van der Waals surface area contributed by atoms with E-state index in [0.29, 0.717) is 29.1 Å². The molecule has 5 heterocycles. The summed E-state index contributed by atoms with van der Waals surface area (Å²) in [6, 6.07) is 9.51. The molecular formula is C26H29FN8OS. The minimum absolute atomic E-state index is 0.288. The van der Waals surface area contributed by atoms with Crippen molar-refractivity contribution in [3.05, 3.63) is 65.2 Å². The molecule has 37 heavy (non-hydrogen) atoms. The molecule has 0 unspecified atom stereocenters. The number of aromatic nitrogens is 4. The van der Waals surface area contributed by atoms with Crippen LogP contribution in [0.3, 0.4) is 0 Å². The summed E-state index contributed by atoms with van der Waals surface area (Å²) < 4.78 is 32.7. The quantitative estimate of drug-likeness (QED) is 0.434. The molecular weight excluding hydrogens is 491 g/mol. The molecule has 0 saturated carbocycles. The Morgan fingerprint density at radius 2 is 1.78 bits per heavy atom. The van der Waals surface area contributed by atoms with E-state index in [1.165, 1.54) is 29.1 Å². The molecule has 3 aromatic heterocycles. The number of hydrogen-bond donors (Lipinski definition) is 1. The Bertz CT molecular complexity index is 1610. The summed E-state index contributed by atoms with van der Waals surface area (Å²) in [6.45, 7) is 3.94. The lowest BCUT2D eigenvalue weighted by Gasteiger charge is -2.40. The lowest BCUT2D eigenvalue weighted by molar-refractivity contribution is 0.210. The number of fused-ring (bicyclic) bond motifs is 1. The predicted molar refractivity (Wildman–Crippen MR) is 144 cm³/mol. The summed E-state index contributed by atoms with van der Waals surface area (Å²) in [5.41, 5.74) is 5.43. The smallest absolute Gasteiger partial charge is 0.229 e. The van der Waals surface area contributed by atoms with Crippen molar-refractivity contribution in [2.45, 2.75) is 19.0 Å². The highest BCUT2D eigenvalue weighted by atomic mass is 32.2. The zero-order chi connectivity index (χ0) is 25.9. The molecule has 192 valence electrons. The normalized spacial score (nSPS) is 16.7. The fourth-order valence-electron chi connectivity index (χ4n) is 5.50. The molecule has 1 N–H and O–H groups in total. The lowest BCUT2D eigenvalue weighted by Crippen LogP contribution is -2.40. The first-order valence-electron chi connectivity index (χ1n) is 12.1. The van der Waals surface area contributed by atoms with Gasteiger partial charge in [-0.3, -0.25) is 4.57 Å². The number of nitrogens with one attached hydrogen (secondary N) is 1. The van der Waals surface area contributed by atoms with E-state index in [2.05, 4.69) is 60.7 Å². The van der Waals surface area contributed by atoms with E-state index >= 15 is 0 Å². The number of hydrogen-bond acceptors (Lipinski definition) is 8. The fraction of sp³-hybridized carbons (Fsp3) is 0.346. The Kier molecular flexibility index (Phi) is 5.74. The third kappa shape index (κ3) is 4.70. The van der Waals surface area contributed by atoms with Gasteiger partial charge in [0.05, 0.1) is 5.39 Å². The van der Waals surface area contributed by atoms with Gasteiger partial charge < -0.3 is 15.1 Å². The molecule has 0 amide bonds. The van der Waals surface area contributed by atoms with Crippen molar-refractivity contribution in [3.63, 3.8) is 0 Å². The van der Waals surface area contributed by atoms with Crippen LogP contribution in [0.25, 0.3) is 16.9 Å². The molecule has 2 aliphatic rings. The molecule has 1 aromatic carbocycles. The van der Waals surface area contributed by atoms with Gasteiger partial charge in [-0.2, -0.15) is 9.35 Å². The zero-order valence-corrected chi connectivity index (χ0v) is 22.1. The van der Waals surface area contributed by atoms with Crippen molar-refractivity contribution < 1.29 is 8.60 Å². The van der Waals surface area contributed by atoms with Crippen LogP contribution in [0.15, 0.2) is 47.1 Å². The summed E-state index contributed by atoms with van der Waals surface area (Å²) in [6.07, 6.45) is 5.90. The van der Waals surface area contributed by atoms with Crippen molar-refractivity contribution in [1.82, 2.24) is 29.3 Å². The van der Waals surface area contributed by atoms with Crippen LogP contribution >= 0.6 is 0 Å². The Morgan fingerprint density at radius 1 is 1.08 bits per heavy atom. The van der Waals surface area contributed by atoms with E-state index < -0.39 is 15.5 Å². The van der Waals surface area contributed by atoms with Crippen molar-refractivity contribution in [2.75, 3.05) is 45.0 Å². The van der Waals surface area contributed by atoms with Gasteiger partial charge in [0.2, 0.25) is 5.95 Å². The molecule has 0 radical (unpaired) electrons. The Labute approximate surface area is 215 Å². The van der Waals surface area contributed by atoms with Crippen LogP contribution in [0.2, 0.25) is 0 Å². The van der Waals surface area contributed by atoms with Gasteiger partial charge >= 0.3 is 0 Å². The van der Waals surface area contributed by atoms with Gasteiger partial charge in [0.25, 0.3) is 0 Å². The SMILES string of the molecule is CN1Cc2cc(Nc3ncc4c(F)cn(-c5cccc(N=S(C)(C)=O)n5)c4n3)cc3c2C(C1)CN(C)C3. The van der Waals surface area contributed by atoms with E-state index in [0.717, 1.165) is 31.9 Å². The van der Waals surface area contributed by atoms with Gasteiger partial charge in [-0.25, -0.2) is 18.6 Å². The van der Waals surface area contributed by atoms with Crippen LogP contribution in [0.1, 0.15) is 22.6 Å². The Morgan fingerprint density at radius 3 is 2.46 bits per heavy atom. The maximum atomic E-state index is 14.8. The van der Waals surface area contributed by atoms with Gasteiger partial charge in [-0.1, -0.05) is 6.07 Å². The molecule has 0 atom stereocenters. The van der Waals surface area contributed by atoms with Crippen molar-refractivity contribution in [2.24, 2.45) is 4.36 Å². The molecule has 0 bridgehead atoms. The lowest BCUT2D eigenvalue weighted by atomic mass is 9.82. The number of nitrogens with zero attached hydrogens (tertiary/aromatic N) is 7. The standard InChI is InChI=1S/C26H29FN8OS/c1-33-11-16-8-19(9-17-12-34(2)14-18(13-33)24(16)17)29-26-28-10-20-21(27)15-35(25(20)31-26)23-7-5-6-22(30-23)32-37(3,4)36/h5-10,15,18H,11-14H2,1-4H3,(H,28,29,31). The molecule has 0 saturated heterocycles. The number of rotatable bonds is 4. The number of likely N-dealkylation sites (N-methyl/N-ethyl adjacent to an activating group) is 2. The van der Waals surface area contributed by atoms with E-state index in [4.69, 9.17) is 0 Å². The van der Waals surface area contributed by atoms with Crippen molar-refractivity contribution >= 4 is 38.2 Å². The minimum atomic E-state index is -2.39. The van der Waals surface area contributed by atoms with Crippen LogP contribution in [-0.2, 0) is 22.8 Å². The average Bonchev–Trinajstić information content (AvgIpc) is 3.13. The van der Waals surface area contributed by atoms with Gasteiger partial charge in [0.1, 0.15) is 5.82 Å². The summed E-state index contributed by atoms with van der Waals surface area (Å²) in [4.78, 5) is 18.2. The summed E-state index contributed by atoms with van der Waals surface area (Å²) in [5, 5.41) is 3.64. The summed E-state index contributed by atoms with van der Waals surface area (Å²) in [7, 11) is 1.93. The second-order valence-electron chi connectivity index (χ2n) is 10.3. The summed E-state index contributed by atoms with van der Waals surface area (Å²) >= 11 is 0. The van der Waals surface area contributed by atoms with E-state index in [1.807, 2.05) is 0 Å². The molecule has 0 aliphatic carbocycles. The predicted octanol–water partition coefficient (Wildman–Crippen LogP) is 4.03. The average molecular weight is 521 g/mol. The van der Waals surface area contributed by atoms with Crippen LogP contribution in [0.5, 0.6) is 0 Å². The number of anilines is 2. The fourth-order valence-corrected chi connectivity index (χ4v) is 6.05. The van der Waals surface area contributed by atoms with Gasteiger partial charge in [-0.05, 0) is 55.1 Å². The van der Waals surface area contributed by atoms with E-state index in [9.17, 15) is 8.60 Å². The third-order valence-electron chi connectivity index (χ3n) is 6.74. The van der Waals surface area contributed by atoms with Gasteiger partial charge in [-0.15, -0.1) is 0 Å². The minimum Gasteiger partial charge on any atom is -0.324 e. The molecule has 11 heteroatoms. The highest BCUT2D eigenvalue weighted by Crippen LogP contribution is 2.37. The Hall–Kier alpha value is -3.41. The molecule has 4 aromatic rings. The second-order valence-corrected chi connectivity index (χ2v) is 12.9. The number of halogens is 1. The van der Waals surface area contributed by atoms with Crippen LogP contribution < -0.4 is 5.32 Å². The van der Waals surface area contributed by atoms with Crippen LogP contribution in [0, 0.1) is 5.82 Å². The largest absolute Gasteiger partial charge is 0.324 e. The van der Waals surface area contributed by atoms with Crippen LogP contribution in [-0.4, -0.2) is 73.2 Å². The third-order valence-corrected chi connectivity index (χ3v) is 7.36. The molecule has 2 aliphatic heterocycles. The summed E-state index contributed by atoms with van der Waals surface area (Å²) in [5.74, 6) is 1.18. The van der Waals surface area contributed by atoms with Crippen molar-refractivity contribution in [1.29, 1.82) is 0 Å². The highest BCUT2D eigenvalue weighted by molar-refractivity contribution is 7.92. The maximum absolute atomic E-state index is 14.8. The first kappa shape index (κ1) is 24.0. The highest BCUT2D eigenvalue weighted by Gasteiger charge is 2.31. The van der Waals surface area contributed by atoms with E-state index in [-0.39, 0.29) is 5.39 Å². The van der Waals surface area contributed by atoms with Crippen LogP contribution in [0.4, 0.5) is 21.8 Å². The number of pyridine rings is 1.